The lowest BCUT2D eigenvalue weighted by molar-refractivity contribution is 0.572. The number of benzene rings is 2. The van der Waals surface area contributed by atoms with Gasteiger partial charge in [-0.3, -0.25) is 0 Å². The van der Waals surface area contributed by atoms with Crippen molar-refractivity contribution in [1.29, 1.82) is 0 Å². The minimum atomic E-state index is 0.371. The van der Waals surface area contributed by atoms with Crippen molar-refractivity contribution in [3.8, 4) is 0 Å². The van der Waals surface area contributed by atoms with Crippen molar-refractivity contribution in [2.24, 2.45) is 0 Å². The highest BCUT2D eigenvalue weighted by atomic mass is 79.9. The van der Waals surface area contributed by atoms with Gasteiger partial charge in [-0.15, -0.1) is 0 Å². The average Bonchev–Trinajstić information content (AvgIpc) is 3.30. The molecule has 1 saturated carbocycles. The van der Waals surface area contributed by atoms with Crippen LogP contribution in [0.25, 0.3) is 0 Å². The van der Waals surface area contributed by atoms with Crippen LogP contribution in [0.2, 0.25) is 0 Å². The van der Waals surface area contributed by atoms with E-state index >= 15 is 0 Å². The smallest absolute Gasteiger partial charge is 0.0294 e. The molecule has 1 aliphatic carbocycles. The Labute approximate surface area is 129 Å². The van der Waals surface area contributed by atoms with Crippen LogP contribution in [0.1, 0.15) is 48.4 Å². The average molecular weight is 330 g/mol. The van der Waals surface area contributed by atoms with E-state index in [0.717, 1.165) is 16.9 Å². The third-order valence-electron chi connectivity index (χ3n) is 4.04. The number of hydrogen-bond donors (Lipinski definition) is 1. The van der Waals surface area contributed by atoms with E-state index in [4.69, 9.17) is 0 Å². The van der Waals surface area contributed by atoms with E-state index < -0.39 is 0 Å². The van der Waals surface area contributed by atoms with Gasteiger partial charge in [0, 0.05) is 17.1 Å². The molecule has 0 spiro atoms. The summed E-state index contributed by atoms with van der Waals surface area (Å²) in [5.74, 6) is 0.816. The Bertz CT molecular complexity index is 572. The van der Waals surface area contributed by atoms with E-state index in [1.54, 1.807) is 5.56 Å². The second kappa shape index (κ2) is 6.11. The summed E-state index contributed by atoms with van der Waals surface area (Å²) in [7, 11) is 0. The first-order chi connectivity index (χ1) is 9.74. The maximum Gasteiger partial charge on any atom is 0.0294 e. The summed E-state index contributed by atoms with van der Waals surface area (Å²) in [5.41, 5.74) is 4.33. The van der Waals surface area contributed by atoms with E-state index in [2.05, 4.69) is 76.7 Å². The predicted octanol–water partition coefficient (Wildman–Crippen LogP) is 5.18. The minimum Gasteiger partial charge on any atom is -0.306 e. The first-order valence-corrected chi connectivity index (χ1v) is 8.10. The zero-order valence-electron chi connectivity index (χ0n) is 11.8. The summed E-state index contributed by atoms with van der Waals surface area (Å²) in [4.78, 5) is 0. The van der Waals surface area contributed by atoms with Gasteiger partial charge in [-0.25, -0.2) is 0 Å². The molecule has 20 heavy (non-hydrogen) atoms. The molecule has 2 aromatic rings. The first-order valence-electron chi connectivity index (χ1n) is 7.30. The van der Waals surface area contributed by atoms with Crippen LogP contribution in [0.3, 0.4) is 0 Å². The molecule has 0 heterocycles. The third kappa shape index (κ3) is 3.31. The molecule has 2 aromatic carbocycles. The van der Waals surface area contributed by atoms with Gasteiger partial charge in [-0.05, 0) is 54.5 Å². The van der Waals surface area contributed by atoms with E-state index in [1.807, 2.05) is 0 Å². The zero-order valence-corrected chi connectivity index (χ0v) is 13.4. The summed E-state index contributed by atoms with van der Waals surface area (Å²) in [5, 5.41) is 3.64. The monoisotopic (exact) mass is 329 g/mol. The van der Waals surface area contributed by atoms with Crippen LogP contribution >= 0.6 is 15.9 Å². The van der Waals surface area contributed by atoms with Gasteiger partial charge in [0.2, 0.25) is 0 Å². The van der Waals surface area contributed by atoms with Crippen LogP contribution in [-0.4, -0.2) is 0 Å². The Morgan fingerprint density at radius 1 is 1.10 bits per heavy atom. The normalized spacial score (nSPS) is 16.1. The van der Waals surface area contributed by atoms with Gasteiger partial charge in [0.05, 0.1) is 0 Å². The fourth-order valence-electron chi connectivity index (χ4n) is 2.62. The van der Waals surface area contributed by atoms with Crippen molar-refractivity contribution in [2.45, 2.75) is 38.3 Å². The minimum absolute atomic E-state index is 0.371. The molecule has 0 aromatic heterocycles. The van der Waals surface area contributed by atoms with Crippen molar-refractivity contribution in [1.82, 2.24) is 5.32 Å². The molecule has 0 unspecified atom stereocenters. The molecule has 3 rings (SSSR count). The van der Waals surface area contributed by atoms with Crippen molar-refractivity contribution in [2.75, 3.05) is 0 Å². The predicted molar refractivity (Wildman–Crippen MR) is 87.8 cm³/mol. The molecule has 1 N–H and O–H groups in total. The quantitative estimate of drug-likeness (QED) is 0.797. The lowest BCUT2D eigenvalue weighted by atomic mass is 10.0. The van der Waals surface area contributed by atoms with Gasteiger partial charge in [-0.1, -0.05) is 52.3 Å². The maximum atomic E-state index is 3.64. The van der Waals surface area contributed by atoms with Gasteiger partial charge in [0.1, 0.15) is 0 Å². The van der Waals surface area contributed by atoms with Gasteiger partial charge in [0.25, 0.3) is 0 Å². The molecule has 0 radical (unpaired) electrons. The van der Waals surface area contributed by atoms with Gasteiger partial charge < -0.3 is 5.32 Å². The highest BCUT2D eigenvalue weighted by Crippen LogP contribution is 2.41. The summed E-state index contributed by atoms with van der Waals surface area (Å²) < 4.78 is 1.13. The Morgan fingerprint density at radius 3 is 2.50 bits per heavy atom. The number of halogens is 1. The van der Waals surface area contributed by atoms with Gasteiger partial charge >= 0.3 is 0 Å². The summed E-state index contributed by atoms with van der Waals surface area (Å²) >= 11 is 3.48. The largest absolute Gasteiger partial charge is 0.306 e. The van der Waals surface area contributed by atoms with Crippen molar-refractivity contribution < 1.29 is 0 Å². The molecular weight excluding hydrogens is 310 g/mol. The Hall–Kier alpha value is -1.12. The summed E-state index contributed by atoms with van der Waals surface area (Å²) in [6.07, 6.45) is 2.72. The number of rotatable bonds is 5. The van der Waals surface area contributed by atoms with Crippen LogP contribution in [-0.2, 0) is 6.54 Å². The zero-order chi connectivity index (χ0) is 13.9. The summed E-state index contributed by atoms with van der Waals surface area (Å²) in [6.45, 7) is 3.17. The van der Waals surface area contributed by atoms with Gasteiger partial charge in [-0.2, -0.15) is 0 Å². The van der Waals surface area contributed by atoms with Crippen molar-refractivity contribution in [3.63, 3.8) is 0 Å². The Morgan fingerprint density at radius 2 is 1.80 bits per heavy atom. The van der Waals surface area contributed by atoms with Crippen molar-refractivity contribution >= 4 is 15.9 Å². The van der Waals surface area contributed by atoms with E-state index in [-0.39, 0.29) is 0 Å². The van der Waals surface area contributed by atoms with Crippen LogP contribution < -0.4 is 5.32 Å². The second-order valence-electron chi connectivity index (χ2n) is 5.63. The van der Waals surface area contributed by atoms with Crippen LogP contribution in [0.4, 0.5) is 0 Å². The molecule has 2 heteroatoms. The number of nitrogens with one attached hydrogen (secondary N) is 1. The molecule has 0 aliphatic heterocycles. The molecule has 104 valence electrons. The molecule has 1 fully saturated rings. The standard InChI is InChI=1S/C18H20BrN/c1-13(14-8-10-17(19)11-9-14)20-12-16-4-2-3-5-18(16)15-6-7-15/h2-5,8-11,13,15,20H,6-7,12H2,1H3/t13-/m0/s1. The Kier molecular flexibility index (Phi) is 4.23. The summed E-state index contributed by atoms with van der Waals surface area (Å²) in [6, 6.07) is 17.8. The van der Waals surface area contributed by atoms with E-state index in [0.29, 0.717) is 6.04 Å². The molecule has 0 amide bonds. The highest BCUT2D eigenvalue weighted by Gasteiger charge is 2.25. The molecule has 0 bridgehead atoms. The Balaban J connectivity index is 1.65. The highest BCUT2D eigenvalue weighted by molar-refractivity contribution is 9.10. The van der Waals surface area contributed by atoms with E-state index in [1.165, 1.54) is 24.0 Å². The van der Waals surface area contributed by atoms with E-state index in [9.17, 15) is 0 Å². The third-order valence-corrected chi connectivity index (χ3v) is 4.57. The van der Waals surface area contributed by atoms with Crippen molar-refractivity contribution in [3.05, 3.63) is 69.7 Å². The van der Waals surface area contributed by atoms with Crippen LogP contribution in [0.5, 0.6) is 0 Å². The lowest BCUT2D eigenvalue weighted by Crippen LogP contribution is -2.18. The lowest BCUT2D eigenvalue weighted by Gasteiger charge is -2.16. The molecule has 1 aliphatic rings. The molecule has 0 saturated heterocycles. The second-order valence-corrected chi connectivity index (χ2v) is 6.54. The number of hydrogen-bond acceptors (Lipinski definition) is 1. The molecular formula is C18H20BrN. The molecule has 1 atom stereocenters. The maximum absolute atomic E-state index is 3.64. The first kappa shape index (κ1) is 13.8. The van der Waals surface area contributed by atoms with Crippen LogP contribution in [0, 0.1) is 0 Å². The fourth-order valence-corrected chi connectivity index (χ4v) is 2.88. The fraction of sp³-hybridized carbons (Fsp3) is 0.333. The topological polar surface area (TPSA) is 12.0 Å². The van der Waals surface area contributed by atoms with Crippen LogP contribution in [0.15, 0.2) is 53.0 Å². The molecule has 1 nitrogen and oxygen atoms in total. The van der Waals surface area contributed by atoms with Gasteiger partial charge in [0.15, 0.2) is 0 Å². The SMILES string of the molecule is C[C@H](NCc1ccccc1C1CC1)c1ccc(Br)cc1.